The van der Waals surface area contributed by atoms with Crippen LogP contribution in [0.15, 0.2) is 60.7 Å². The second-order valence-electron chi connectivity index (χ2n) is 6.23. The Morgan fingerprint density at radius 3 is 2.50 bits per heavy atom. The van der Waals surface area contributed by atoms with Crippen molar-refractivity contribution < 1.29 is 9.53 Å². The molecule has 4 nitrogen and oxygen atoms in total. The number of para-hydroxylation sites is 1. The molecule has 0 spiro atoms. The average Bonchev–Trinajstić information content (AvgIpc) is 3.07. The third-order valence-electron chi connectivity index (χ3n) is 4.12. The Morgan fingerprint density at radius 2 is 1.79 bits per heavy atom. The minimum Gasteiger partial charge on any atom is -0.462 e. The third-order valence-corrected chi connectivity index (χ3v) is 5.37. The highest BCUT2D eigenvalue weighted by molar-refractivity contribution is 7.80. The van der Waals surface area contributed by atoms with Crippen molar-refractivity contribution in [2.45, 2.75) is 20.3 Å². The van der Waals surface area contributed by atoms with E-state index in [1.807, 2.05) is 55.5 Å². The van der Waals surface area contributed by atoms with Crippen LogP contribution < -0.4 is 10.6 Å². The SMILES string of the molecule is CCOC(=O)c1cc(Cc2ccccc2)sc1NC(=S)Nc1ccccc1C. The number of anilines is 2. The van der Waals surface area contributed by atoms with Crippen molar-refractivity contribution in [2.75, 3.05) is 17.2 Å². The van der Waals surface area contributed by atoms with Gasteiger partial charge in [-0.25, -0.2) is 4.79 Å². The van der Waals surface area contributed by atoms with Crippen LogP contribution in [-0.4, -0.2) is 17.7 Å². The van der Waals surface area contributed by atoms with E-state index in [1.165, 1.54) is 16.9 Å². The normalized spacial score (nSPS) is 10.4. The van der Waals surface area contributed by atoms with Gasteiger partial charge in [-0.2, -0.15) is 0 Å². The molecule has 3 aromatic rings. The molecule has 144 valence electrons. The van der Waals surface area contributed by atoms with E-state index in [9.17, 15) is 4.79 Å². The molecule has 0 fully saturated rings. The molecule has 0 radical (unpaired) electrons. The molecule has 2 N–H and O–H groups in total. The van der Waals surface area contributed by atoms with Gasteiger partial charge < -0.3 is 15.4 Å². The Hall–Kier alpha value is -2.70. The van der Waals surface area contributed by atoms with Crippen molar-refractivity contribution >= 4 is 45.3 Å². The molecule has 2 aromatic carbocycles. The lowest BCUT2D eigenvalue weighted by Crippen LogP contribution is -2.20. The quantitative estimate of drug-likeness (QED) is 0.407. The van der Waals surface area contributed by atoms with E-state index >= 15 is 0 Å². The number of esters is 1. The van der Waals surface area contributed by atoms with Crippen molar-refractivity contribution in [2.24, 2.45) is 0 Å². The van der Waals surface area contributed by atoms with Gasteiger partial charge in [-0.15, -0.1) is 11.3 Å². The number of aryl methyl sites for hydroxylation is 1. The summed E-state index contributed by atoms with van der Waals surface area (Å²) in [5.74, 6) is -0.348. The number of benzene rings is 2. The predicted octanol–water partition coefficient (Wildman–Crippen LogP) is 5.63. The van der Waals surface area contributed by atoms with E-state index in [1.54, 1.807) is 6.92 Å². The Kier molecular flexibility index (Phi) is 6.79. The summed E-state index contributed by atoms with van der Waals surface area (Å²) < 4.78 is 5.22. The number of hydrogen-bond donors (Lipinski definition) is 2. The lowest BCUT2D eigenvalue weighted by molar-refractivity contribution is 0.0528. The first-order valence-corrected chi connectivity index (χ1v) is 10.3. The van der Waals surface area contributed by atoms with Gasteiger partial charge in [0.1, 0.15) is 5.00 Å². The van der Waals surface area contributed by atoms with E-state index in [2.05, 4.69) is 22.8 Å². The molecule has 0 bridgehead atoms. The number of thiophene rings is 1. The number of thiocarbonyl (C=S) groups is 1. The minimum atomic E-state index is -0.348. The summed E-state index contributed by atoms with van der Waals surface area (Å²) in [6.07, 6.45) is 0.748. The van der Waals surface area contributed by atoms with Crippen LogP contribution in [-0.2, 0) is 11.2 Å². The van der Waals surface area contributed by atoms with Gasteiger partial charge in [0.05, 0.1) is 12.2 Å². The van der Waals surface area contributed by atoms with Crippen LogP contribution in [0.25, 0.3) is 0 Å². The van der Waals surface area contributed by atoms with Gasteiger partial charge in [0.2, 0.25) is 0 Å². The van der Waals surface area contributed by atoms with Crippen LogP contribution in [0.3, 0.4) is 0 Å². The molecule has 0 aliphatic rings. The van der Waals surface area contributed by atoms with Gasteiger partial charge in [-0.05, 0) is 49.3 Å². The standard InChI is InChI=1S/C22H22N2O2S2/c1-3-26-21(25)18-14-17(13-16-10-5-4-6-11-16)28-20(18)24-22(27)23-19-12-8-7-9-15(19)2/h4-12,14H,3,13H2,1-2H3,(H2,23,24,27). The molecular formula is C22H22N2O2S2. The molecule has 28 heavy (non-hydrogen) atoms. The fourth-order valence-electron chi connectivity index (χ4n) is 2.75. The number of carbonyl (C=O) groups is 1. The zero-order valence-corrected chi connectivity index (χ0v) is 17.5. The fourth-order valence-corrected chi connectivity index (χ4v) is 4.11. The van der Waals surface area contributed by atoms with Crippen LogP contribution in [0, 0.1) is 6.92 Å². The Bertz CT molecular complexity index is 968. The first kappa shape index (κ1) is 20.0. The van der Waals surface area contributed by atoms with Gasteiger partial charge in [-0.1, -0.05) is 48.5 Å². The van der Waals surface area contributed by atoms with E-state index in [0.29, 0.717) is 22.3 Å². The summed E-state index contributed by atoms with van der Waals surface area (Å²) in [4.78, 5) is 13.5. The summed E-state index contributed by atoms with van der Waals surface area (Å²) in [5, 5.41) is 7.49. The first-order chi connectivity index (χ1) is 13.6. The lowest BCUT2D eigenvalue weighted by atomic mass is 10.1. The predicted molar refractivity (Wildman–Crippen MR) is 121 cm³/mol. The molecule has 0 saturated carbocycles. The topological polar surface area (TPSA) is 50.4 Å². The number of ether oxygens (including phenoxy) is 1. The lowest BCUT2D eigenvalue weighted by Gasteiger charge is -2.12. The second-order valence-corrected chi connectivity index (χ2v) is 7.78. The Balaban J connectivity index is 1.80. The van der Waals surface area contributed by atoms with Crippen LogP contribution in [0.5, 0.6) is 0 Å². The maximum Gasteiger partial charge on any atom is 0.341 e. The van der Waals surface area contributed by atoms with E-state index < -0.39 is 0 Å². The molecule has 0 amide bonds. The smallest absolute Gasteiger partial charge is 0.341 e. The van der Waals surface area contributed by atoms with Crippen molar-refractivity contribution in [3.05, 3.63) is 82.2 Å². The summed E-state index contributed by atoms with van der Waals surface area (Å²) >= 11 is 6.97. The van der Waals surface area contributed by atoms with E-state index in [4.69, 9.17) is 17.0 Å². The van der Waals surface area contributed by atoms with Gasteiger partial charge in [0.25, 0.3) is 0 Å². The van der Waals surface area contributed by atoms with Crippen LogP contribution in [0.1, 0.15) is 33.3 Å². The number of rotatable bonds is 6. The second kappa shape index (κ2) is 9.48. The van der Waals surface area contributed by atoms with Gasteiger partial charge in [0, 0.05) is 17.0 Å². The van der Waals surface area contributed by atoms with Crippen molar-refractivity contribution in [3.63, 3.8) is 0 Å². The van der Waals surface area contributed by atoms with Gasteiger partial charge in [0.15, 0.2) is 5.11 Å². The summed E-state index contributed by atoms with van der Waals surface area (Å²) in [7, 11) is 0. The van der Waals surface area contributed by atoms with Gasteiger partial charge in [-0.3, -0.25) is 0 Å². The maximum atomic E-state index is 12.4. The van der Waals surface area contributed by atoms with Crippen molar-refractivity contribution in [1.29, 1.82) is 0 Å². The highest BCUT2D eigenvalue weighted by atomic mass is 32.1. The monoisotopic (exact) mass is 410 g/mol. The fraction of sp³-hybridized carbons (Fsp3) is 0.182. The van der Waals surface area contributed by atoms with Crippen molar-refractivity contribution in [1.82, 2.24) is 0 Å². The third kappa shape index (κ3) is 5.18. The average molecular weight is 411 g/mol. The molecule has 1 heterocycles. The molecule has 3 rings (SSSR count). The molecular weight excluding hydrogens is 388 g/mol. The van der Waals surface area contributed by atoms with Crippen LogP contribution >= 0.6 is 23.6 Å². The minimum absolute atomic E-state index is 0.327. The molecule has 6 heteroatoms. The largest absolute Gasteiger partial charge is 0.462 e. The molecule has 0 aliphatic carbocycles. The maximum absolute atomic E-state index is 12.4. The highest BCUT2D eigenvalue weighted by Gasteiger charge is 2.18. The Morgan fingerprint density at radius 1 is 1.07 bits per heavy atom. The zero-order chi connectivity index (χ0) is 19.9. The van der Waals surface area contributed by atoms with Gasteiger partial charge >= 0.3 is 5.97 Å². The number of hydrogen-bond acceptors (Lipinski definition) is 4. The molecule has 0 aliphatic heterocycles. The van der Waals surface area contributed by atoms with E-state index in [-0.39, 0.29) is 5.97 Å². The summed E-state index contributed by atoms with van der Waals surface area (Å²) in [5.41, 5.74) is 3.71. The molecule has 0 atom stereocenters. The molecule has 0 saturated heterocycles. The van der Waals surface area contributed by atoms with E-state index in [0.717, 1.165) is 22.5 Å². The van der Waals surface area contributed by atoms with Crippen LogP contribution in [0.4, 0.5) is 10.7 Å². The van der Waals surface area contributed by atoms with Crippen molar-refractivity contribution in [3.8, 4) is 0 Å². The zero-order valence-electron chi connectivity index (χ0n) is 15.8. The highest BCUT2D eigenvalue weighted by Crippen LogP contribution is 2.31. The summed E-state index contributed by atoms with van der Waals surface area (Å²) in [6.45, 7) is 4.14. The summed E-state index contributed by atoms with van der Waals surface area (Å²) in [6, 6.07) is 19.9. The first-order valence-electron chi connectivity index (χ1n) is 9.04. The Labute approximate surface area is 174 Å². The molecule has 0 unspecified atom stereocenters. The molecule has 1 aromatic heterocycles. The van der Waals surface area contributed by atoms with Crippen LogP contribution in [0.2, 0.25) is 0 Å². The number of carbonyl (C=O) groups excluding carboxylic acids is 1. The number of nitrogens with one attached hydrogen (secondary N) is 2.